The van der Waals surface area contributed by atoms with E-state index in [1.807, 2.05) is 6.33 Å². The molecule has 1 heterocycles. The van der Waals surface area contributed by atoms with Crippen LogP contribution in [0.15, 0.2) is 12.5 Å². The molecule has 0 bridgehead atoms. The van der Waals surface area contributed by atoms with Crippen molar-refractivity contribution in [1.82, 2.24) is 14.9 Å². The minimum atomic E-state index is 0.692. The van der Waals surface area contributed by atoms with Gasteiger partial charge in [0.1, 0.15) is 0 Å². The van der Waals surface area contributed by atoms with Crippen LogP contribution in [0.3, 0.4) is 0 Å². The summed E-state index contributed by atoms with van der Waals surface area (Å²) in [6, 6.07) is 0.692. The van der Waals surface area contributed by atoms with Crippen molar-refractivity contribution >= 4 is 0 Å². The molecule has 1 fully saturated rings. The molecule has 1 aromatic heterocycles. The van der Waals surface area contributed by atoms with Gasteiger partial charge >= 0.3 is 0 Å². The van der Waals surface area contributed by atoms with Crippen LogP contribution in [-0.2, 0) is 6.54 Å². The van der Waals surface area contributed by atoms with Crippen LogP contribution in [0, 0.1) is 0 Å². The first-order valence-electron chi connectivity index (χ1n) is 7.63. The second-order valence-corrected chi connectivity index (χ2v) is 5.49. The Bertz CT molecular complexity index is 324. The van der Waals surface area contributed by atoms with E-state index in [-0.39, 0.29) is 0 Å². The number of aromatic nitrogens is 2. The summed E-state index contributed by atoms with van der Waals surface area (Å²) in [6.07, 6.45) is 15.2. The Morgan fingerprint density at radius 1 is 1.22 bits per heavy atom. The summed E-state index contributed by atoms with van der Waals surface area (Å²) in [5, 5.41) is 3.41. The normalized spacial score (nSPS) is 18.5. The molecule has 0 spiro atoms. The second kappa shape index (κ2) is 7.57. The molecule has 18 heavy (non-hydrogen) atoms. The lowest BCUT2D eigenvalue weighted by Crippen LogP contribution is -2.14. The number of nitrogens with zero attached hydrogens (tertiary/aromatic N) is 2. The van der Waals surface area contributed by atoms with E-state index in [1.165, 1.54) is 57.1 Å². The number of imidazole rings is 1. The van der Waals surface area contributed by atoms with Crippen LogP contribution in [0.4, 0.5) is 0 Å². The first-order valence-corrected chi connectivity index (χ1v) is 7.63. The van der Waals surface area contributed by atoms with E-state index in [1.54, 1.807) is 0 Å². The minimum absolute atomic E-state index is 0.692. The molecule has 1 aliphatic carbocycles. The van der Waals surface area contributed by atoms with Crippen molar-refractivity contribution in [2.45, 2.75) is 70.9 Å². The number of hydrogen-bond donors (Lipinski definition) is 1. The highest BCUT2D eigenvalue weighted by atomic mass is 15.1. The molecule has 3 nitrogen and oxygen atoms in total. The summed E-state index contributed by atoms with van der Waals surface area (Å²) in [6.45, 7) is 4.18. The predicted molar refractivity (Wildman–Crippen MR) is 75.6 cm³/mol. The molecule has 0 radical (unpaired) electrons. The number of rotatable bonds is 5. The van der Waals surface area contributed by atoms with Crippen LogP contribution in [0.1, 0.15) is 70.0 Å². The zero-order chi connectivity index (χ0) is 12.6. The standard InChI is InChI=1S/C15H27N3/c1-2-10-16-11-14-12-18(13-17-14)15-8-6-4-3-5-7-9-15/h12-13,15-16H,2-11H2,1H3. The second-order valence-electron chi connectivity index (χ2n) is 5.49. The SMILES string of the molecule is CCCNCc1cn(C2CCCCCCC2)cn1. The molecule has 0 atom stereocenters. The maximum absolute atomic E-state index is 4.52. The molecule has 1 saturated carbocycles. The van der Waals surface area contributed by atoms with Gasteiger partial charge in [0.2, 0.25) is 0 Å². The van der Waals surface area contributed by atoms with Crippen molar-refractivity contribution < 1.29 is 0 Å². The van der Waals surface area contributed by atoms with E-state index < -0.39 is 0 Å². The van der Waals surface area contributed by atoms with E-state index in [2.05, 4.69) is 28.0 Å². The van der Waals surface area contributed by atoms with Crippen molar-refractivity contribution in [3.8, 4) is 0 Å². The fourth-order valence-electron chi connectivity index (χ4n) is 2.80. The molecule has 1 aromatic rings. The lowest BCUT2D eigenvalue weighted by Gasteiger charge is -2.20. The fourth-order valence-corrected chi connectivity index (χ4v) is 2.80. The van der Waals surface area contributed by atoms with E-state index in [4.69, 9.17) is 0 Å². The average Bonchev–Trinajstić information content (AvgIpc) is 2.78. The van der Waals surface area contributed by atoms with Crippen LogP contribution < -0.4 is 5.32 Å². The van der Waals surface area contributed by atoms with Gasteiger partial charge in [-0.3, -0.25) is 0 Å². The van der Waals surface area contributed by atoms with Crippen LogP contribution in [0.5, 0.6) is 0 Å². The third-order valence-corrected chi connectivity index (χ3v) is 3.88. The van der Waals surface area contributed by atoms with E-state index in [0.717, 1.165) is 13.1 Å². The highest BCUT2D eigenvalue weighted by Gasteiger charge is 2.13. The Labute approximate surface area is 111 Å². The Hall–Kier alpha value is -0.830. The molecule has 1 N–H and O–H groups in total. The molecule has 2 rings (SSSR count). The Balaban J connectivity index is 1.86. The third-order valence-electron chi connectivity index (χ3n) is 3.88. The van der Waals surface area contributed by atoms with Gasteiger partial charge in [-0.15, -0.1) is 0 Å². The topological polar surface area (TPSA) is 29.9 Å². The van der Waals surface area contributed by atoms with Gasteiger partial charge in [-0.25, -0.2) is 4.98 Å². The molecule has 0 amide bonds. The summed E-state index contributed by atoms with van der Waals surface area (Å²) >= 11 is 0. The van der Waals surface area contributed by atoms with E-state index >= 15 is 0 Å². The maximum atomic E-state index is 4.52. The number of nitrogens with one attached hydrogen (secondary N) is 1. The Morgan fingerprint density at radius 2 is 1.94 bits per heavy atom. The van der Waals surface area contributed by atoms with Gasteiger partial charge in [0, 0.05) is 18.8 Å². The van der Waals surface area contributed by atoms with Gasteiger partial charge in [0.15, 0.2) is 0 Å². The predicted octanol–water partition coefficient (Wildman–Crippen LogP) is 3.67. The van der Waals surface area contributed by atoms with Crippen molar-refractivity contribution in [1.29, 1.82) is 0 Å². The van der Waals surface area contributed by atoms with E-state index in [0.29, 0.717) is 6.04 Å². The van der Waals surface area contributed by atoms with E-state index in [9.17, 15) is 0 Å². The molecule has 102 valence electrons. The average molecular weight is 249 g/mol. The van der Waals surface area contributed by atoms with Crippen molar-refractivity contribution in [2.75, 3.05) is 6.54 Å². The molecular weight excluding hydrogens is 222 g/mol. The molecule has 0 saturated heterocycles. The smallest absolute Gasteiger partial charge is 0.0952 e. The van der Waals surface area contributed by atoms with Gasteiger partial charge in [-0.05, 0) is 25.8 Å². The lowest BCUT2D eigenvalue weighted by molar-refractivity contribution is 0.371. The minimum Gasteiger partial charge on any atom is -0.334 e. The van der Waals surface area contributed by atoms with Crippen molar-refractivity contribution in [3.05, 3.63) is 18.2 Å². The van der Waals surface area contributed by atoms with Gasteiger partial charge in [-0.2, -0.15) is 0 Å². The van der Waals surface area contributed by atoms with Crippen molar-refractivity contribution in [3.63, 3.8) is 0 Å². The zero-order valence-corrected chi connectivity index (χ0v) is 11.7. The van der Waals surface area contributed by atoms with Gasteiger partial charge in [-0.1, -0.05) is 39.0 Å². The van der Waals surface area contributed by atoms with Gasteiger partial charge in [0.05, 0.1) is 12.0 Å². The highest BCUT2D eigenvalue weighted by Crippen LogP contribution is 2.26. The first kappa shape index (κ1) is 13.6. The van der Waals surface area contributed by atoms with Gasteiger partial charge < -0.3 is 9.88 Å². The summed E-state index contributed by atoms with van der Waals surface area (Å²) < 4.78 is 2.36. The Morgan fingerprint density at radius 3 is 2.67 bits per heavy atom. The largest absolute Gasteiger partial charge is 0.334 e. The lowest BCUT2D eigenvalue weighted by atomic mass is 9.97. The van der Waals surface area contributed by atoms with Crippen LogP contribution >= 0.6 is 0 Å². The Kier molecular flexibility index (Phi) is 5.72. The van der Waals surface area contributed by atoms with Crippen LogP contribution in [0.2, 0.25) is 0 Å². The zero-order valence-electron chi connectivity index (χ0n) is 11.7. The summed E-state index contributed by atoms with van der Waals surface area (Å²) in [5.41, 5.74) is 1.19. The highest BCUT2D eigenvalue weighted by molar-refractivity contribution is 4.98. The van der Waals surface area contributed by atoms with Crippen molar-refractivity contribution in [2.24, 2.45) is 0 Å². The van der Waals surface area contributed by atoms with Crippen LogP contribution in [0.25, 0.3) is 0 Å². The summed E-state index contributed by atoms with van der Waals surface area (Å²) in [7, 11) is 0. The molecule has 0 aliphatic heterocycles. The third kappa shape index (κ3) is 4.13. The first-order chi connectivity index (χ1) is 8.90. The fraction of sp³-hybridized carbons (Fsp3) is 0.800. The molecule has 1 aliphatic rings. The molecule has 0 unspecified atom stereocenters. The monoisotopic (exact) mass is 249 g/mol. The quantitative estimate of drug-likeness (QED) is 0.807. The molecule has 3 heteroatoms. The van der Waals surface area contributed by atoms with Crippen LogP contribution in [-0.4, -0.2) is 16.1 Å². The summed E-state index contributed by atoms with van der Waals surface area (Å²) in [4.78, 5) is 4.52. The molecular formula is C15H27N3. The van der Waals surface area contributed by atoms with Gasteiger partial charge in [0.25, 0.3) is 0 Å². The number of hydrogen-bond acceptors (Lipinski definition) is 2. The maximum Gasteiger partial charge on any atom is 0.0952 e. The summed E-state index contributed by atoms with van der Waals surface area (Å²) in [5.74, 6) is 0. The molecule has 0 aromatic carbocycles.